The number of hydrogen-bond acceptors (Lipinski definition) is 3. The van der Waals surface area contributed by atoms with Gasteiger partial charge < -0.3 is 5.32 Å². The normalized spacial score (nSPS) is 10.7. The first kappa shape index (κ1) is 14.8. The lowest BCUT2D eigenvalue weighted by Crippen LogP contribution is -2.08. The lowest BCUT2D eigenvalue weighted by Gasteiger charge is -2.10. The minimum absolute atomic E-state index is 0.148. The van der Waals surface area contributed by atoms with Gasteiger partial charge in [0.2, 0.25) is 0 Å². The molecule has 0 saturated carbocycles. The molecule has 2 rings (SSSR count). The first-order chi connectivity index (χ1) is 9.51. The van der Waals surface area contributed by atoms with Crippen LogP contribution in [0.25, 0.3) is 11.4 Å². The SMILES string of the molecule is CCCNc1nc(-c2cc(F)cc(Br)c2)nc(C)c1F. The van der Waals surface area contributed by atoms with Crippen LogP contribution in [0.2, 0.25) is 0 Å². The standard InChI is InChI=1S/C14H14BrF2N3/c1-3-4-18-14-12(17)8(2)19-13(20-14)9-5-10(15)7-11(16)6-9/h5-7H,3-4H2,1-2H3,(H,18,19,20). The highest BCUT2D eigenvalue weighted by molar-refractivity contribution is 9.10. The number of rotatable bonds is 4. The Labute approximate surface area is 124 Å². The number of benzene rings is 1. The summed E-state index contributed by atoms with van der Waals surface area (Å²) in [5.41, 5.74) is 0.730. The maximum Gasteiger partial charge on any atom is 0.186 e. The van der Waals surface area contributed by atoms with E-state index in [2.05, 4.69) is 31.2 Å². The average molecular weight is 342 g/mol. The fourth-order valence-electron chi connectivity index (χ4n) is 1.73. The van der Waals surface area contributed by atoms with Crippen LogP contribution >= 0.6 is 15.9 Å². The second-order valence-electron chi connectivity index (χ2n) is 4.38. The molecule has 0 radical (unpaired) electrons. The lowest BCUT2D eigenvalue weighted by atomic mass is 10.2. The molecule has 0 amide bonds. The largest absolute Gasteiger partial charge is 0.368 e. The maximum absolute atomic E-state index is 13.9. The molecule has 0 aliphatic rings. The third kappa shape index (κ3) is 3.30. The second kappa shape index (κ2) is 6.26. The van der Waals surface area contributed by atoms with E-state index in [1.807, 2.05) is 6.92 Å². The van der Waals surface area contributed by atoms with E-state index in [-0.39, 0.29) is 11.5 Å². The van der Waals surface area contributed by atoms with E-state index in [0.29, 0.717) is 22.4 Å². The first-order valence-corrected chi connectivity index (χ1v) is 7.05. The van der Waals surface area contributed by atoms with Gasteiger partial charge in [0.05, 0.1) is 5.69 Å². The van der Waals surface area contributed by atoms with Crippen molar-refractivity contribution in [3.63, 3.8) is 0 Å². The Morgan fingerprint density at radius 1 is 1.20 bits per heavy atom. The highest BCUT2D eigenvalue weighted by Crippen LogP contribution is 2.25. The summed E-state index contributed by atoms with van der Waals surface area (Å²) in [4.78, 5) is 8.22. The zero-order valence-corrected chi connectivity index (χ0v) is 12.8. The summed E-state index contributed by atoms with van der Waals surface area (Å²) < 4.78 is 27.9. The molecule has 0 aliphatic carbocycles. The van der Waals surface area contributed by atoms with Gasteiger partial charge in [0.25, 0.3) is 0 Å². The van der Waals surface area contributed by atoms with Crippen molar-refractivity contribution in [3.05, 3.63) is 40.0 Å². The minimum atomic E-state index is -0.474. The number of nitrogens with zero attached hydrogens (tertiary/aromatic N) is 2. The van der Waals surface area contributed by atoms with Crippen molar-refractivity contribution in [1.29, 1.82) is 0 Å². The van der Waals surface area contributed by atoms with Gasteiger partial charge in [-0.25, -0.2) is 18.7 Å². The van der Waals surface area contributed by atoms with Crippen LogP contribution in [0.1, 0.15) is 19.0 Å². The van der Waals surface area contributed by atoms with E-state index in [1.54, 1.807) is 13.0 Å². The van der Waals surface area contributed by atoms with E-state index in [9.17, 15) is 8.78 Å². The van der Waals surface area contributed by atoms with Crippen LogP contribution in [-0.2, 0) is 0 Å². The van der Waals surface area contributed by atoms with Gasteiger partial charge in [0.1, 0.15) is 5.82 Å². The molecular weight excluding hydrogens is 328 g/mol. The van der Waals surface area contributed by atoms with Crippen LogP contribution in [0.3, 0.4) is 0 Å². The predicted molar refractivity (Wildman–Crippen MR) is 78.6 cm³/mol. The Morgan fingerprint density at radius 3 is 2.60 bits per heavy atom. The van der Waals surface area contributed by atoms with Crippen molar-refractivity contribution in [1.82, 2.24) is 9.97 Å². The van der Waals surface area contributed by atoms with Gasteiger partial charge >= 0.3 is 0 Å². The summed E-state index contributed by atoms with van der Waals surface area (Å²) in [5.74, 6) is -0.432. The first-order valence-electron chi connectivity index (χ1n) is 6.25. The summed E-state index contributed by atoms with van der Waals surface area (Å²) in [7, 11) is 0. The van der Waals surface area contributed by atoms with Gasteiger partial charge in [0.15, 0.2) is 17.5 Å². The van der Waals surface area contributed by atoms with Gasteiger partial charge in [-0.05, 0) is 31.5 Å². The van der Waals surface area contributed by atoms with Crippen molar-refractivity contribution >= 4 is 21.7 Å². The Morgan fingerprint density at radius 2 is 1.95 bits per heavy atom. The van der Waals surface area contributed by atoms with Crippen LogP contribution in [0.5, 0.6) is 0 Å². The molecule has 0 unspecified atom stereocenters. The summed E-state index contributed by atoms with van der Waals surface area (Å²) >= 11 is 3.22. The Kier molecular flexibility index (Phi) is 4.65. The van der Waals surface area contributed by atoms with Crippen LogP contribution in [0.15, 0.2) is 22.7 Å². The molecule has 0 saturated heterocycles. The van der Waals surface area contributed by atoms with Crippen LogP contribution in [-0.4, -0.2) is 16.5 Å². The number of hydrogen-bond donors (Lipinski definition) is 1. The molecule has 0 aliphatic heterocycles. The molecule has 0 spiro atoms. The van der Waals surface area contributed by atoms with Gasteiger partial charge in [-0.1, -0.05) is 22.9 Å². The molecule has 1 aromatic heterocycles. The Hall–Kier alpha value is -1.56. The molecular formula is C14H14BrF2N3. The fraction of sp³-hybridized carbons (Fsp3) is 0.286. The molecule has 2 aromatic rings. The lowest BCUT2D eigenvalue weighted by molar-refractivity contribution is 0.605. The van der Waals surface area contributed by atoms with Crippen molar-refractivity contribution in [2.24, 2.45) is 0 Å². The Bertz CT molecular complexity index is 612. The molecule has 3 nitrogen and oxygen atoms in total. The summed E-state index contributed by atoms with van der Waals surface area (Å²) in [6.07, 6.45) is 0.851. The highest BCUT2D eigenvalue weighted by Gasteiger charge is 2.13. The third-order valence-electron chi connectivity index (χ3n) is 2.68. The number of anilines is 1. The minimum Gasteiger partial charge on any atom is -0.368 e. The smallest absolute Gasteiger partial charge is 0.186 e. The van der Waals surface area contributed by atoms with E-state index >= 15 is 0 Å². The molecule has 1 heterocycles. The van der Waals surface area contributed by atoms with Crippen LogP contribution < -0.4 is 5.32 Å². The quantitative estimate of drug-likeness (QED) is 0.900. The molecule has 106 valence electrons. The number of aromatic nitrogens is 2. The molecule has 0 fully saturated rings. The van der Waals surface area contributed by atoms with Crippen molar-refractivity contribution in [3.8, 4) is 11.4 Å². The van der Waals surface area contributed by atoms with E-state index in [4.69, 9.17) is 0 Å². The van der Waals surface area contributed by atoms with Crippen molar-refractivity contribution in [2.45, 2.75) is 20.3 Å². The average Bonchev–Trinajstić information content (AvgIpc) is 2.39. The fourth-order valence-corrected chi connectivity index (χ4v) is 2.20. The predicted octanol–water partition coefficient (Wildman–Crippen LogP) is 4.31. The number of halogens is 3. The molecule has 1 N–H and O–H groups in total. The maximum atomic E-state index is 13.9. The van der Waals surface area contributed by atoms with Gasteiger partial charge in [0, 0.05) is 16.6 Å². The topological polar surface area (TPSA) is 37.8 Å². The Balaban J connectivity index is 2.48. The summed E-state index contributed by atoms with van der Waals surface area (Å²) in [5, 5.41) is 2.91. The van der Waals surface area contributed by atoms with Gasteiger partial charge in [-0.15, -0.1) is 0 Å². The van der Waals surface area contributed by atoms with E-state index < -0.39 is 11.6 Å². The monoisotopic (exact) mass is 341 g/mol. The summed E-state index contributed by atoms with van der Waals surface area (Å²) in [6.45, 7) is 4.15. The van der Waals surface area contributed by atoms with Crippen LogP contribution in [0.4, 0.5) is 14.6 Å². The van der Waals surface area contributed by atoms with Crippen LogP contribution in [0, 0.1) is 18.6 Å². The molecule has 0 atom stereocenters. The van der Waals surface area contributed by atoms with Crippen molar-refractivity contribution < 1.29 is 8.78 Å². The third-order valence-corrected chi connectivity index (χ3v) is 3.14. The molecule has 6 heteroatoms. The van der Waals surface area contributed by atoms with Gasteiger partial charge in [-0.2, -0.15) is 0 Å². The zero-order chi connectivity index (χ0) is 14.7. The molecule has 20 heavy (non-hydrogen) atoms. The summed E-state index contributed by atoms with van der Waals surface area (Å²) in [6, 6.07) is 4.36. The second-order valence-corrected chi connectivity index (χ2v) is 5.30. The molecule has 1 aromatic carbocycles. The highest BCUT2D eigenvalue weighted by atomic mass is 79.9. The van der Waals surface area contributed by atoms with Gasteiger partial charge in [-0.3, -0.25) is 0 Å². The van der Waals surface area contributed by atoms with E-state index in [1.165, 1.54) is 12.1 Å². The van der Waals surface area contributed by atoms with E-state index in [0.717, 1.165) is 6.42 Å². The molecule has 0 bridgehead atoms. The zero-order valence-electron chi connectivity index (χ0n) is 11.2. The number of aryl methyl sites for hydroxylation is 1. The number of nitrogens with one attached hydrogen (secondary N) is 1. The van der Waals surface area contributed by atoms with Crippen molar-refractivity contribution in [2.75, 3.05) is 11.9 Å².